The number of carbonyl (C=O) groups excluding carboxylic acids is 2. The number of aromatic amines is 1. The van der Waals surface area contributed by atoms with E-state index in [0.717, 1.165) is 18.4 Å². The first-order valence-electron chi connectivity index (χ1n) is 9.37. The van der Waals surface area contributed by atoms with Crippen LogP contribution in [0.1, 0.15) is 56.9 Å². The minimum Gasteiger partial charge on any atom is -0.368 e. The third-order valence-corrected chi connectivity index (χ3v) is 4.88. The van der Waals surface area contributed by atoms with Crippen LogP contribution in [0, 0.1) is 24.7 Å². The Morgan fingerprint density at radius 2 is 1.85 bits per heavy atom. The Bertz CT molecular complexity index is 530. The van der Waals surface area contributed by atoms with Crippen molar-refractivity contribution < 1.29 is 31.5 Å². The van der Waals surface area contributed by atoms with Crippen molar-refractivity contribution in [3.8, 4) is 0 Å². The third kappa shape index (κ3) is 10.3. The predicted octanol–water partition coefficient (Wildman–Crippen LogP) is 3.24. The first-order valence-corrected chi connectivity index (χ1v) is 9.95. The van der Waals surface area contributed by atoms with Gasteiger partial charge in [0.2, 0.25) is 5.91 Å². The summed E-state index contributed by atoms with van der Waals surface area (Å²) in [4.78, 5) is 30.0. The molecule has 0 aromatic carbocycles. The molecule has 1 heterocycles. The van der Waals surface area contributed by atoms with Crippen LogP contribution in [0.15, 0.2) is 18.5 Å². The fourth-order valence-corrected chi connectivity index (χ4v) is 3.51. The molecule has 2 saturated carbocycles. The number of hydrogen-bond acceptors (Lipinski definition) is 4. The molecule has 0 radical (unpaired) electrons. The van der Waals surface area contributed by atoms with E-state index in [-0.39, 0.29) is 28.9 Å². The van der Waals surface area contributed by atoms with Crippen LogP contribution in [-0.2, 0) is 38.0 Å². The Kier molecular flexibility index (Phi) is 12.7. The number of rotatable bonds is 7. The Hall–Kier alpha value is -0.871. The molecule has 1 aromatic rings. The monoisotopic (exact) mass is 435 g/mol. The Balaban J connectivity index is 0.000000273. The second-order valence-electron chi connectivity index (χ2n) is 6.85. The van der Waals surface area contributed by atoms with E-state index < -0.39 is 0 Å². The summed E-state index contributed by atoms with van der Waals surface area (Å²) >= 11 is 0. The predicted molar refractivity (Wildman–Crippen MR) is 104 cm³/mol. The van der Waals surface area contributed by atoms with Gasteiger partial charge in [-0.15, -0.1) is 5.25 Å². The van der Waals surface area contributed by atoms with Gasteiger partial charge in [0.25, 0.3) is 0 Å². The zero-order valence-corrected chi connectivity index (χ0v) is 17.8. The largest absolute Gasteiger partial charge is 2.00 e. The van der Waals surface area contributed by atoms with Gasteiger partial charge in [-0.05, 0) is 21.0 Å². The van der Waals surface area contributed by atoms with Crippen molar-refractivity contribution >= 4 is 21.3 Å². The van der Waals surface area contributed by atoms with Crippen molar-refractivity contribution in [1.29, 1.82) is 0 Å². The van der Waals surface area contributed by atoms with Crippen LogP contribution in [0.2, 0.25) is 0 Å². The number of H-pyrrole nitrogens is 1. The molecule has 152 valence electrons. The molecule has 3 atom stereocenters. The summed E-state index contributed by atoms with van der Waals surface area (Å²) in [6.07, 6.45) is 16.5. The molecular weight excluding hydrogens is 405 g/mol. The molecular formula is C19H30FeN3O3P. The molecule has 3 N–H and O–H groups in total. The zero-order chi connectivity index (χ0) is 18.6. The van der Waals surface area contributed by atoms with Crippen LogP contribution in [0.25, 0.3) is 0 Å². The fraction of sp³-hybridized carbons (Fsp3) is 0.579. The number of carbonyl (C=O) groups is 2. The Morgan fingerprint density at radius 3 is 2.37 bits per heavy atom. The minimum atomic E-state index is -0.178. The number of nitrogens with one attached hydrogen (secondary N) is 3. The van der Waals surface area contributed by atoms with Crippen molar-refractivity contribution in [1.82, 2.24) is 15.6 Å². The molecule has 8 heteroatoms. The molecule has 2 aliphatic rings. The number of hydrogen-bond donors (Lipinski definition) is 3. The second-order valence-corrected chi connectivity index (χ2v) is 7.09. The first-order chi connectivity index (χ1) is 12.7. The van der Waals surface area contributed by atoms with Crippen molar-refractivity contribution in [3.63, 3.8) is 0 Å². The summed E-state index contributed by atoms with van der Waals surface area (Å²) in [6.45, 7) is 0.634. The van der Waals surface area contributed by atoms with Crippen molar-refractivity contribution in [3.05, 3.63) is 36.9 Å². The van der Waals surface area contributed by atoms with Crippen molar-refractivity contribution in [2.24, 2.45) is 11.8 Å². The summed E-state index contributed by atoms with van der Waals surface area (Å²) in [5, 5.41) is 5.23. The van der Waals surface area contributed by atoms with Crippen LogP contribution in [-0.4, -0.2) is 16.9 Å². The van der Waals surface area contributed by atoms with Gasteiger partial charge in [0.05, 0.1) is 0 Å². The van der Waals surface area contributed by atoms with Gasteiger partial charge in [-0.2, -0.15) is 24.7 Å². The van der Waals surface area contributed by atoms with E-state index in [4.69, 9.17) is 0 Å². The van der Waals surface area contributed by atoms with E-state index in [2.05, 4.69) is 42.6 Å². The normalized spacial score (nSPS) is 20.9. The number of aromatic nitrogens is 1. The first kappa shape index (κ1) is 24.2. The van der Waals surface area contributed by atoms with E-state index in [1.54, 1.807) is 0 Å². The Labute approximate surface area is 175 Å². The van der Waals surface area contributed by atoms with E-state index in [1.807, 2.05) is 18.5 Å². The molecule has 3 rings (SSSR count). The fourth-order valence-electron chi connectivity index (χ4n) is 3.37. The van der Waals surface area contributed by atoms with Crippen molar-refractivity contribution in [2.45, 2.75) is 57.9 Å². The van der Waals surface area contributed by atoms with E-state index in [1.165, 1.54) is 25.7 Å². The van der Waals surface area contributed by atoms with Gasteiger partial charge in [0.1, 0.15) is 0 Å². The summed E-state index contributed by atoms with van der Waals surface area (Å²) in [5.74, 6) is 0.944. The van der Waals surface area contributed by atoms with Gasteiger partial charge in [-0.25, -0.2) is 0 Å². The molecule has 27 heavy (non-hydrogen) atoms. The molecule has 1 aromatic heterocycles. The average molecular weight is 435 g/mol. The molecule has 2 fully saturated rings. The maximum Gasteiger partial charge on any atom is 2.00 e. The van der Waals surface area contributed by atoms with Gasteiger partial charge in [0, 0.05) is 31.8 Å². The zero-order valence-electron chi connectivity index (χ0n) is 15.6. The third-order valence-electron chi connectivity index (χ3n) is 4.76. The average Bonchev–Trinajstić information content (AvgIpc) is 3.38. The summed E-state index contributed by atoms with van der Waals surface area (Å²) in [6, 6.07) is 1.97. The van der Waals surface area contributed by atoms with E-state index >= 15 is 0 Å². The molecule has 1 amide bonds. The van der Waals surface area contributed by atoms with Crippen molar-refractivity contribution in [2.75, 3.05) is 0 Å². The quantitative estimate of drug-likeness (QED) is 0.266. The van der Waals surface area contributed by atoms with Gasteiger partial charge in [0.15, 0.2) is 0 Å². The Morgan fingerprint density at radius 1 is 1.19 bits per heavy atom. The summed E-state index contributed by atoms with van der Waals surface area (Å²) in [5.41, 5.74) is 1.12. The minimum absolute atomic E-state index is 0. The molecule has 0 aliphatic heterocycles. The van der Waals surface area contributed by atoms with Gasteiger partial charge in [-0.1, -0.05) is 25.7 Å². The van der Waals surface area contributed by atoms with Crippen LogP contribution < -0.4 is 10.6 Å². The number of amides is 1. The van der Waals surface area contributed by atoms with Gasteiger partial charge < -0.3 is 28.0 Å². The van der Waals surface area contributed by atoms with Crippen LogP contribution in [0.5, 0.6) is 0 Å². The van der Waals surface area contributed by atoms with Crippen LogP contribution in [0.3, 0.4) is 0 Å². The summed E-state index contributed by atoms with van der Waals surface area (Å²) < 4.78 is 0. The maximum absolute atomic E-state index is 11.6. The SMILES string of the molecule is O=C(CC1[CH-]CCC1)NCc1cc[nH]c1.O=C(CC1[CH-]CCC1)ONP.[Fe+2]. The van der Waals surface area contributed by atoms with Gasteiger partial charge >= 0.3 is 23.0 Å². The standard InChI is InChI=1S/C12H17N2O.C7H13NO2P.Fe/c15-12(7-10-3-1-2-4-10)14-9-11-5-6-13-8-11;9-7(10-8-11)5-6-3-1-2-4-6;/h3,5-6,8,10,13H,1-2,4,7,9H2,(H,14,15);3,6,8H,1-2,4-5,11H2;/q2*-1;+2. The maximum atomic E-state index is 11.6. The molecule has 0 spiro atoms. The smallest absolute Gasteiger partial charge is 0.368 e. The molecule has 0 saturated heterocycles. The van der Waals surface area contributed by atoms with Gasteiger partial charge in [-0.3, -0.25) is 9.59 Å². The van der Waals surface area contributed by atoms with E-state index in [0.29, 0.717) is 31.2 Å². The van der Waals surface area contributed by atoms with E-state index in [9.17, 15) is 9.59 Å². The van der Waals surface area contributed by atoms with Crippen LogP contribution in [0.4, 0.5) is 0 Å². The summed E-state index contributed by atoms with van der Waals surface area (Å²) in [7, 11) is 2.13. The topological polar surface area (TPSA) is 83.2 Å². The molecule has 0 bridgehead atoms. The molecule has 6 nitrogen and oxygen atoms in total. The molecule has 2 aliphatic carbocycles. The molecule has 3 unspecified atom stereocenters. The second kappa shape index (κ2) is 14.2. The van der Waals surface area contributed by atoms with Crippen LogP contribution >= 0.6 is 9.39 Å².